The van der Waals surface area contributed by atoms with E-state index in [0.29, 0.717) is 13.0 Å². The van der Waals surface area contributed by atoms with Crippen molar-refractivity contribution in [3.63, 3.8) is 0 Å². The van der Waals surface area contributed by atoms with E-state index >= 15 is 0 Å². The summed E-state index contributed by atoms with van der Waals surface area (Å²) in [5, 5.41) is 13.3. The van der Waals surface area contributed by atoms with Crippen molar-refractivity contribution in [3.8, 4) is 0 Å². The minimum absolute atomic E-state index is 0.156. The Kier molecular flexibility index (Phi) is 2.47. The van der Waals surface area contributed by atoms with Gasteiger partial charge < -0.3 is 10.1 Å². The van der Waals surface area contributed by atoms with Gasteiger partial charge in [-0.15, -0.1) is 0 Å². The fraction of sp³-hybridized carbons (Fsp3) is 0.500. The largest absolute Gasteiger partial charge is 0.358 e. The molecule has 4 nitrogen and oxygen atoms in total. The number of rotatable bonds is 1. The molecule has 0 aromatic heterocycles. The second-order valence-corrected chi connectivity index (χ2v) is 2.99. The molecule has 0 aromatic carbocycles. The number of hydrogen-bond acceptors (Lipinski definition) is 3. The average molecular weight is 168 g/mol. The van der Waals surface area contributed by atoms with Crippen LogP contribution in [0.5, 0.6) is 0 Å². The molecular weight excluding hydrogens is 156 g/mol. The van der Waals surface area contributed by atoms with Gasteiger partial charge in [0.05, 0.1) is 0 Å². The van der Waals surface area contributed by atoms with Crippen molar-refractivity contribution in [2.45, 2.75) is 20.3 Å². The summed E-state index contributed by atoms with van der Waals surface area (Å²) in [6.45, 7) is 4.32. The molecule has 0 radical (unpaired) electrons. The summed E-state index contributed by atoms with van der Waals surface area (Å²) in [5.74, 6) is 0.156. The Morgan fingerprint density at radius 3 is 2.83 bits per heavy atom. The monoisotopic (exact) mass is 168 g/mol. The summed E-state index contributed by atoms with van der Waals surface area (Å²) in [7, 11) is 0. The smallest absolute Gasteiger partial charge is 0.315 e. The van der Waals surface area contributed by atoms with Crippen LogP contribution in [0, 0.1) is 10.1 Å². The average Bonchev–Trinajstić information content (AvgIpc) is 2.10. The minimum Gasteiger partial charge on any atom is -0.358 e. The maximum absolute atomic E-state index is 10.5. The van der Waals surface area contributed by atoms with E-state index in [2.05, 4.69) is 5.32 Å². The first-order valence-electron chi connectivity index (χ1n) is 3.85. The minimum atomic E-state index is -0.359. The van der Waals surface area contributed by atoms with Crippen LogP contribution in [0.1, 0.15) is 20.3 Å². The van der Waals surface area contributed by atoms with Crippen molar-refractivity contribution in [2.24, 2.45) is 0 Å². The third-order valence-electron chi connectivity index (χ3n) is 1.85. The first kappa shape index (κ1) is 8.77. The molecular formula is C8H12N2O2. The zero-order chi connectivity index (χ0) is 9.14. The van der Waals surface area contributed by atoms with Gasteiger partial charge in [-0.05, 0) is 31.3 Å². The van der Waals surface area contributed by atoms with Crippen LogP contribution in [-0.2, 0) is 0 Å². The summed E-state index contributed by atoms with van der Waals surface area (Å²) in [4.78, 5) is 10.1. The second-order valence-electron chi connectivity index (χ2n) is 2.99. The second kappa shape index (κ2) is 3.38. The van der Waals surface area contributed by atoms with E-state index < -0.39 is 0 Å². The third kappa shape index (κ3) is 1.84. The number of nitrogens with zero attached hydrogens (tertiary/aromatic N) is 1. The molecule has 0 unspecified atom stereocenters. The van der Waals surface area contributed by atoms with Crippen molar-refractivity contribution >= 4 is 0 Å². The standard InChI is InChI=1S/C8H12N2O2/c1-6-3-4-9-8(10(11)12)7(2)5-6/h3,9H,4-5H2,1-2H3. The summed E-state index contributed by atoms with van der Waals surface area (Å²) in [6, 6.07) is 0. The highest BCUT2D eigenvalue weighted by Crippen LogP contribution is 2.15. The molecule has 66 valence electrons. The van der Waals surface area contributed by atoms with Gasteiger partial charge in [0.15, 0.2) is 0 Å². The van der Waals surface area contributed by atoms with Crippen molar-refractivity contribution in [2.75, 3.05) is 6.54 Å². The maximum Gasteiger partial charge on any atom is 0.315 e. The lowest BCUT2D eigenvalue weighted by Gasteiger charge is -2.02. The predicted octanol–water partition coefficient (Wildman–Crippen LogP) is 1.43. The molecule has 0 saturated carbocycles. The Balaban J connectivity index is 2.88. The zero-order valence-corrected chi connectivity index (χ0v) is 7.26. The van der Waals surface area contributed by atoms with Crippen LogP contribution in [0.15, 0.2) is 23.0 Å². The van der Waals surface area contributed by atoms with Crippen LogP contribution in [-0.4, -0.2) is 11.5 Å². The number of nitrogens with one attached hydrogen (secondary N) is 1. The quantitative estimate of drug-likeness (QED) is 0.366. The van der Waals surface area contributed by atoms with Gasteiger partial charge >= 0.3 is 5.82 Å². The van der Waals surface area contributed by atoms with E-state index in [-0.39, 0.29) is 10.7 Å². The molecule has 0 aliphatic carbocycles. The van der Waals surface area contributed by atoms with Gasteiger partial charge in [0, 0.05) is 5.57 Å². The summed E-state index contributed by atoms with van der Waals surface area (Å²) < 4.78 is 0. The normalized spacial score (nSPS) is 18.0. The Morgan fingerprint density at radius 1 is 1.58 bits per heavy atom. The molecule has 1 aliphatic heterocycles. The Hall–Kier alpha value is -1.32. The topological polar surface area (TPSA) is 55.2 Å². The highest BCUT2D eigenvalue weighted by Gasteiger charge is 2.14. The summed E-state index contributed by atoms with van der Waals surface area (Å²) in [5.41, 5.74) is 1.98. The predicted molar refractivity (Wildman–Crippen MR) is 46.1 cm³/mol. The first-order chi connectivity index (χ1) is 5.61. The maximum atomic E-state index is 10.5. The highest BCUT2D eigenvalue weighted by atomic mass is 16.6. The number of hydrogen-bond donors (Lipinski definition) is 1. The zero-order valence-electron chi connectivity index (χ0n) is 7.26. The lowest BCUT2D eigenvalue weighted by Crippen LogP contribution is -2.20. The molecule has 0 spiro atoms. The lowest BCUT2D eigenvalue weighted by atomic mass is 10.1. The van der Waals surface area contributed by atoms with E-state index in [1.54, 1.807) is 6.92 Å². The van der Waals surface area contributed by atoms with Gasteiger partial charge in [0.2, 0.25) is 0 Å². The number of nitro groups is 1. The van der Waals surface area contributed by atoms with Crippen LogP contribution >= 0.6 is 0 Å². The first-order valence-corrected chi connectivity index (χ1v) is 3.85. The van der Waals surface area contributed by atoms with E-state index in [4.69, 9.17) is 0 Å². The highest BCUT2D eigenvalue weighted by molar-refractivity contribution is 5.18. The van der Waals surface area contributed by atoms with E-state index in [1.165, 1.54) is 5.57 Å². The van der Waals surface area contributed by atoms with Gasteiger partial charge in [-0.25, -0.2) is 0 Å². The van der Waals surface area contributed by atoms with Crippen molar-refractivity contribution in [1.29, 1.82) is 0 Å². The molecule has 4 heteroatoms. The molecule has 0 amide bonds. The van der Waals surface area contributed by atoms with Gasteiger partial charge in [-0.2, -0.15) is 0 Å². The number of allylic oxidation sites excluding steroid dienone is 2. The van der Waals surface area contributed by atoms with Crippen LogP contribution in [0.25, 0.3) is 0 Å². The molecule has 0 fully saturated rings. The Morgan fingerprint density at radius 2 is 2.25 bits per heavy atom. The van der Waals surface area contributed by atoms with Gasteiger partial charge in [-0.1, -0.05) is 5.57 Å². The summed E-state index contributed by atoms with van der Waals surface area (Å²) in [6.07, 6.45) is 2.67. The molecule has 12 heavy (non-hydrogen) atoms. The molecule has 0 atom stereocenters. The van der Waals surface area contributed by atoms with Gasteiger partial charge in [-0.3, -0.25) is 5.32 Å². The van der Waals surface area contributed by atoms with Crippen LogP contribution < -0.4 is 5.32 Å². The molecule has 1 heterocycles. The van der Waals surface area contributed by atoms with Crippen molar-refractivity contribution in [3.05, 3.63) is 33.2 Å². The fourth-order valence-corrected chi connectivity index (χ4v) is 1.27. The van der Waals surface area contributed by atoms with E-state index in [1.807, 2.05) is 13.0 Å². The summed E-state index contributed by atoms with van der Waals surface area (Å²) >= 11 is 0. The molecule has 0 saturated heterocycles. The fourth-order valence-electron chi connectivity index (χ4n) is 1.27. The molecule has 0 aromatic rings. The molecule has 1 rings (SSSR count). The molecule has 1 aliphatic rings. The third-order valence-corrected chi connectivity index (χ3v) is 1.85. The van der Waals surface area contributed by atoms with Crippen LogP contribution in [0.2, 0.25) is 0 Å². The van der Waals surface area contributed by atoms with Crippen LogP contribution in [0.4, 0.5) is 0 Å². The van der Waals surface area contributed by atoms with Crippen LogP contribution in [0.3, 0.4) is 0 Å². The van der Waals surface area contributed by atoms with Gasteiger partial charge in [0.1, 0.15) is 6.54 Å². The lowest BCUT2D eigenvalue weighted by molar-refractivity contribution is -0.432. The van der Waals surface area contributed by atoms with Crippen molar-refractivity contribution < 1.29 is 4.92 Å². The Labute approximate surface area is 71.1 Å². The van der Waals surface area contributed by atoms with E-state index in [0.717, 1.165) is 5.57 Å². The van der Waals surface area contributed by atoms with Crippen molar-refractivity contribution in [1.82, 2.24) is 5.32 Å². The molecule has 1 N–H and O–H groups in total. The molecule has 0 bridgehead atoms. The van der Waals surface area contributed by atoms with Gasteiger partial charge in [0.25, 0.3) is 0 Å². The Bertz CT molecular complexity index is 266. The van der Waals surface area contributed by atoms with E-state index in [9.17, 15) is 10.1 Å². The SMILES string of the molecule is CC1=CCNC([N+](=O)[O-])=C(C)C1.